The minimum Gasteiger partial charge on any atom is -0.383 e. The molecule has 5 nitrogen and oxygen atoms in total. The van der Waals surface area contributed by atoms with E-state index in [1.165, 1.54) is 0 Å². The highest BCUT2D eigenvalue weighted by Crippen LogP contribution is 2.27. The number of amides is 1. The predicted octanol–water partition coefficient (Wildman–Crippen LogP) is 4.15. The Kier molecular flexibility index (Phi) is 5.67. The molecule has 2 aromatic carbocycles. The van der Waals surface area contributed by atoms with Crippen LogP contribution in [0.2, 0.25) is 5.02 Å². The molecule has 4 rings (SSSR count). The highest BCUT2D eigenvalue weighted by molar-refractivity contribution is 6.31. The number of benzene rings is 2. The van der Waals surface area contributed by atoms with E-state index in [9.17, 15) is 4.79 Å². The summed E-state index contributed by atoms with van der Waals surface area (Å²) in [5.41, 5.74) is 2.73. The number of morpholine rings is 1. The van der Waals surface area contributed by atoms with E-state index >= 15 is 0 Å². The van der Waals surface area contributed by atoms with Gasteiger partial charge in [0.1, 0.15) is 11.8 Å². The van der Waals surface area contributed by atoms with Crippen molar-refractivity contribution in [2.75, 3.05) is 33.4 Å². The lowest BCUT2D eigenvalue weighted by atomic mass is 10.1. The molecule has 0 aliphatic carbocycles. The molecule has 28 heavy (non-hydrogen) atoms. The van der Waals surface area contributed by atoms with E-state index in [0.29, 0.717) is 43.6 Å². The summed E-state index contributed by atoms with van der Waals surface area (Å²) < 4.78 is 13.2. The summed E-state index contributed by atoms with van der Waals surface area (Å²) >= 11 is 6.15. The number of methoxy groups -OCH3 is 1. The number of hydrogen-bond acceptors (Lipinski definition) is 3. The summed E-state index contributed by atoms with van der Waals surface area (Å²) in [4.78, 5) is 15.3. The highest BCUT2D eigenvalue weighted by atomic mass is 35.5. The van der Waals surface area contributed by atoms with Crippen molar-refractivity contribution < 1.29 is 14.3 Å². The maximum absolute atomic E-state index is 13.4. The van der Waals surface area contributed by atoms with Gasteiger partial charge >= 0.3 is 0 Å². The molecule has 1 aliphatic rings. The van der Waals surface area contributed by atoms with Crippen molar-refractivity contribution >= 4 is 28.4 Å². The summed E-state index contributed by atoms with van der Waals surface area (Å²) in [7, 11) is 1.66. The Hall–Kier alpha value is -2.34. The van der Waals surface area contributed by atoms with Crippen molar-refractivity contribution in [3.05, 3.63) is 70.9 Å². The van der Waals surface area contributed by atoms with Crippen molar-refractivity contribution in [3.8, 4) is 0 Å². The van der Waals surface area contributed by atoms with Crippen LogP contribution in [0.4, 0.5) is 0 Å². The lowest BCUT2D eigenvalue weighted by Gasteiger charge is -2.33. The Bertz CT molecular complexity index is 971. The Morgan fingerprint density at radius 2 is 2.04 bits per heavy atom. The molecular formula is C22H23ClN2O3. The van der Waals surface area contributed by atoms with Gasteiger partial charge in [-0.05, 0) is 29.8 Å². The second-order valence-electron chi connectivity index (χ2n) is 6.90. The number of halogens is 1. The van der Waals surface area contributed by atoms with Gasteiger partial charge in [0.25, 0.3) is 5.91 Å². The Morgan fingerprint density at radius 3 is 2.82 bits per heavy atom. The first-order chi connectivity index (χ1) is 13.7. The second-order valence-corrected chi connectivity index (χ2v) is 7.33. The number of hydrogen-bond donors (Lipinski definition) is 0. The average Bonchev–Trinajstić information content (AvgIpc) is 3.09. The van der Waals surface area contributed by atoms with E-state index < -0.39 is 0 Å². The minimum absolute atomic E-state index is 0.00709. The topological polar surface area (TPSA) is 43.7 Å². The molecule has 0 spiro atoms. The third-order valence-corrected chi connectivity index (χ3v) is 5.36. The van der Waals surface area contributed by atoms with Crippen molar-refractivity contribution in [3.63, 3.8) is 0 Å². The summed E-state index contributed by atoms with van der Waals surface area (Å²) in [6.07, 6.45) is -0.106. The van der Waals surface area contributed by atoms with Crippen LogP contribution in [0.15, 0.2) is 54.6 Å². The third kappa shape index (κ3) is 3.78. The molecule has 0 bridgehead atoms. The maximum Gasteiger partial charge on any atom is 0.270 e. The molecule has 2 heterocycles. The van der Waals surface area contributed by atoms with E-state index in [-0.39, 0.29) is 12.0 Å². The highest BCUT2D eigenvalue weighted by Gasteiger charge is 2.28. The smallest absolute Gasteiger partial charge is 0.270 e. The third-order valence-electron chi connectivity index (χ3n) is 5.13. The average molecular weight is 399 g/mol. The summed E-state index contributed by atoms with van der Waals surface area (Å²) in [6, 6.07) is 17.7. The quantitative estimate of drug-likeness (QED) is 0.648. The molecule has 0 saturated carbocycles. The van der Waals surface area contributed by atoms with Crippen molar-refractivity contribution in [2.24, 2.45) is 0 Å². The van der Waals surface area contributed by atoms with Crippen LogP contribution in [-0.2, 0) is 16.0 Å². The van der Waals surface area contributed by atoms with Gasteiger partial charge in [-0.2, -0.15) is 0 Å². The molecule has 3 aromatic rings. The Balaban J connectivity index is 1.64. The largest absolute Gasteiger partial charge is 0.383 e. The second kappa shape index (κ2) is 8.35. The fourth-order valence-electron chi connectivity index (χ4n) is 3.71. The fourth-order valence-corrected chi connectivity index (χ4v) is 3.89. The molecular weight excluding hydrogens is 376 g/mol. The van der Waals surface area contributed by atoms with Gasteiger partial charge in [0.15, 0.2) is 0 Å². The van der Waals surface area contributed by atoms with Crippen LogP contribution in [0.1, 0.15) is 22.2 Å². The number of carbonyl (C=O) groups excluding carboxylic acids is 1. The predicted molar refractivity (Wildman–Crippen MR) is 110 cm³/mol. The number of aromatic nitrogens is 1. The van der Waals surface area contributed by atoms with Crippen molar-refractivity contribution in [2.45, 2.75) is 12.6 Å². The molecule has 1 saturated heterocycles. The molecule has 146 valence electrons. The van der Waals surface area contributed by atoms with Gasteiger partial charge < -0.3 is 18.9 Å². The number of ether oxygens (including phenoxy) is 2. The molecule has 1 aliphatic heterocycles. The zero-order valence-corrected chi connectivity index (χ0v) is 16.6. The van der Waals surface area contributed by atoms with Crippen LogP contribution in [0.5, 0.6) is 0 Å². The van der Waals surface area contributed by atoms with E-state index in [1.807, 2.05) is 64.1 Å². The molecule has 1 unspecified atom stereocenters. The maximum atomic E-state index is 13.4. The lowest BCUT2D eigenvalue weighted by molar-refractivity contribution is -0.0231. The van der Waals surface area contributed by atoms with Crippen molar-refractivity contribution in [1.82, 2.24) is 9.47 Å². The van der Waals surface area contributed by atoms with Crippen molar-refractivity contribution in [1.29, 1.82) is 0 Å². The normalized spacial score (nSPS) is 17.2. The van der Waals surface area contributed by atoms with Crippen LogP contribution in [0.3, 0.4) is 0 Å². The van der Waals surface area contributed by atoms with E-state index in [4.69, 9.17) is 21.1 Å². The van der Waals surface area contributed by atoms with Crippen LogP contribution < -0.4 is 0 Å². The minimum atomic E-state index is -0.106. The molecule has 6 heteroatoms. The van der Waals surface area contributed by atoms with Gasteiger partial charge in [0.2, 0.25) is 0 Å². The van der Waals surface area contributed by atoms with Crippen LogP contribution in [0, 0.1) is 0 Å². The first-order valence-electron chi connectivity index (χ1n) is 9.41. The van der Waals surface area contributed by atoms with Crippen LogP contribution >= 0.6 is 11.6 Å². The number of fused-ring (bicyclic) bond motifs is 1. The van der Waals surface area contributed by atoms with Gasteiger partial charge in [-0.1, -0.05) is 41.9 Å². The molecule has 1 atom stereocenters. The van der Waals surface area contributed by atoms with E-state index in [0.717, 1.165) is 16.5 Å². The Morgan fingerprint density at radius 1 is 1.21 bits per heavy atom. The monoisotopic (exact) mass is 398 g/mol. The van der Waals surface area contributed by atoms with Gasteiger partial charge in [0, 0.05) is 36.1 Å². The SMILES string of the molecule is COCCn1c(C(=O)N2CCOC(c3ccccc3)C2)cc2cc(Cl)ccc21. The lowest BCUT2D eigenvalue weighted by Crippen LogP contribution is -2.43. The first kappa shape index (κ1) is 19.0. The van der Waals surface area contributed by atoms with E-state index in [2.05, 4.69) is 0 Å². The van der Waals surface area contributed by atoms with E-state index in [1.54, 1.807) is 7.11 Å². The van der Waals surface area contributed by atoms with Crippen LogP contribution in [-0.4, -0.2) is 48.8 Å². The zero-order valence-electron chi connectivity index (χ0n) is 15.8. The molecule has 1 aromatic heterocycles. The summed E-state index contributed by atoms with van der Waals surface area (Å²) in [5.74, 6) is 0.00709. The molecule has 1 amide bonds. The molecule has 0 radical (unpaired) electrons. The summed E-state index contributed by atoms with van der Waals surface area (Å²) in [5, 5.41) is 1.62. The number of rotatable bonds is 5. The molecule has 0 N–H and O–H groups in total. The van der Waals surface area contributed by atoms with Gasteiger partial charge in [-0.25, -0.2) is 0 Å². The number of nitrogens with zero attached hydrogens (tertiary/aromatic N) is 2. The first-order valence-corrected chi connectivity index (χ1v) is 9.78. The van der Waals surface area contributed by atoms with Gasteiger partial charge in [-0.3, -0.25) is 4.79 Å². The van der Waals surface area contributed by atoms with Gasteiger partial charge in [0.05, 0.1) is 19.8 Å². The zero-order chi connectivity index (χ0) is 19.5. The van der Waals surface area contributed by atoms with Crippen LogP contribution in [0.25, 0.3) is 10.9 Å². The summed E-state index contributed by atoms with van der Waals surface area (Å²) in [6.45, 7) is 2.77. The fraction of sp³-hybridized carbons (Fsp3) is 0.318. The number of carbonyl (C=O) groups is 1. The Labute approximate surface area is 169 Å². The standard InChI is InChI=1S/C22H23ClN2O3/c1-27-11-10-25-19-8-7-18(23)13-17(19)14-20(25)22(26)24-9-12-28-21(15-24)16-5-3-2-4-6-16/h2-8,13-14,21H,9-12,15H2,1H3. The van der Waals surface area contributed by atoms with Gasteiger partial charge in [-0.15, -0.1) is 0 Å². The molecule has 1 fully saturated rings.